The number of carbonyl (C=O) groups excluding carboxylic acids is 1. The summed E-state index contributed by atoms with van der Waals surface area (Å²) in [5.74, 6) is 0.103. The summed E-state index contributed by atoms with van der Waals surface area (Å²) in [5.41, 5.74) is 10.0. The number of amides is 1. The van der Waals surface area contributed by atoms with Crippen LogP contribution in [0.1, 0.15) is 23.1 Å². The number of halogens is 1. The van der Waals surface area contributed by atoms with Gasteiger partial charge in [-0.15, -0.1) is 12.4 Å². The minimum atomic E-state index is 0. The number of anilines is 1. The monoisotopic (exact) mass is 318 g/mol. The molecule has 0 aliphatic carbocycles. The molecular weight excluding hydrogens is 296 g/mol. The predicted octanol–water partition coefficient (Wildman–Crippen LogP) is 3.29. The number of nitrogens with one attached hydrogen (secondary N) is 1. The Balaban J connectivity index is 0.00000242. The number of carbonyl (C=O) groups is 1. The molecule has 0 radical (unpaired) electrons. The molecule has 0 fully saturated rings. The molecule has 0 heterocycles. The topological polar surface area (TPSA) is 55.1 Å². The third-order valence-electron chi connectivity index (χ3n) is 3.48. The van der Waals surface area contributed by atoms with Crippen LogP contribution in [0.2, 0.25) is 0 Å². The lowest BCUT2D eigenvalue weighted by Gasteiger charge is -2.06. The average molecular weight is 319 g/mol. The second kappa shape index (κ2) is 9.11. The first-order chi connectivity index (χ1) is 10.1. The summed E-state index contributed by atoms with van der Waals surface area (Å²) >= 11 is 0. The van der Waals surface area contributed by atoms with E-state index in [0.29, 0.717) is 13.0 Å². The van der Waals surface area contributed by atoms with Crippen LogP contribution in [0.25, 0.3) is 0 Å². The van der Waals surface area contributed by atoms with Crippen LogP contribution in [0, 0.1) is 6.92 Å². The number of hydrogen-bond acceptors (Lipinski definition) is 2. The van der Waals surface area contributed by atoms with E-state index in [-0.39, 0.29) is 18.3 Å². The highest BCUT2D eigenvalue weighted by molar-refractivity contribution is 5.85. The molecule has 0 atom stereocenters. The lowest BCUT2D eigenvalue weighted by molar-refractivity contribution is -0.121. The summed E-state index contributed by atoms with van der Waals surface area (Å²) in [4.78, 5) is 11.8. The molecule has 3 nitrogen and oxygen atoms in total. The maximum absolute atomic E-state index is 11.8. The van der Waals surface area contributed by atoms with Crippen molar-refractivity contribution in [3.8, 4) is 0 Å². The second-order valence-corrected chi connectivity index (χ2v) is 5.33. The quantitative estimate of drug-likeness (QED) is 0.803. The van der Waals surface area contributed by atoms with Gasteiger partial charge in [-0.1, -0.05) is 42.0 Å². The Bertz CT molecular complexity index is 579. The van der Waals surface area contributed by atoms with Crippen LogP contribution >= 0.6 is 12.4 Å². The smallest absolute Gasteiger partial charge is 0.220 e. The molecule has 2 aromatic rings. The highest BCUT2D eigenvalue weighted by Crippen LogP contribution is 2.07. The molecule has 22 heavy (non-hydrogen) atoms. The number of nitrogen functional groups attached to an aromatic ring is 1. The zero-order chi connectivity index (χ0) is 15.1. The minimum Gasteiger partial charge on any atom is -0.399 e. The minimum absolute atomic E-state index is 0. The van der Waals surface area contributed by atoms with Crippen molar-refractivity contribution in [2.24, 2.45) is 0 Å². The fourth-order valence-electron chi connectivity index (χ4n) is 2.13. The van der Waals surface area contributed by atoms with Crippen LogP contribution in [-0.2, 0) is 17.6 Å². The lowest BCUT2D eigenvalue weighted by atomic mass is 10.1. The van der Waals surface area contributed by atoms with Gasteiger partial charge in [-0.05, 0) is 43.0 Å². The van der Waals surface area contributed by atoms with Crippen molar-refractivity contribution in [2.45, 2.75) is 26.2 Å². The first kappa shape index (κ1) is 18.1. The molecular formula is C18H23ClN2O. The third kappa shape index (κ3) is 6.19. The van der Waals surface area contributed by atoms with Gasteiger partial charge in [0.2, 0.25) is 5.91 Å². The normalized spacial score (nSPS) is 9.86. The molecule has 1 amide bonds. The van der Waals surface area contributed by atoms with Gasteiger partial charge in [0.1, 0.15) is 0 Å². The molecule has 118 valence electrons. The van der Waals surface area contributed by atoms with Gasteiger partial charge in [0.15, 0.2) is 0 Å². The molecule has 0 aliphatic rings. The van der Waals surface area contributed by atoms with E-state index in [0.717, 1.165) is 18.5 Å². The van der Waals surface area contributed by atoms with Gasteiger partial charge in [-0.25, -0.2) is 0 Å². The van der Waals surface area contributed by atoms with E-state index in [2.05, 4.69) is 36.5 Å². The predicted molar refractivity (Wildman–Crippen MR) is 94.3 cm³/mol. The van der Waals surface area contributed by atoms with Gasteiger partial charge >= 0.3 is 0 Å². The molecule has 0 saturated heterocycles. The van der Waals surface area contributed by atoms with Gasteiger partial charge in [0.05, 0.1) is 0 Å². The number of hydrogen-bond donors (Lipinski definition) is 2. The van der Waals surface area contributed by atoms with Gasteiger partial charge in [-0.3, -0.25) is 4.79 Å². The summed E-state index contributed by atoms with van der Waals surface area (Å²) in [7, 11) is 0. The maximum Gasteiger partial charge on any atom is 0.220 e. The summed E-state index contributed by atoms with van der Waals surface area (Å²) in [5, 5.41) is 2.96. The fourth-order valence-corrected chi connectivity index (χ4v) is 2.13. The Morgan fingerprint density at radius 2 is 1.50 bits per heavy atom. The molecule has 3 N–H and O–H groups in total. The Morgan fingerprint density at radius 1 is 0.955 bits per heavy atom. The Labute approximate surface area is 138 Å². The molecule has 4 heteroatoms. The van der Waals surface area contributed by atoms with E-state index in [1.807, 2.05) is 24.3 Å². The number of aryl methyl sites for hydroxylation is 2. The number of benzene rings is 2. The van der Waals surface area contributed by atoms with Crippen molar-refractivity contribution in [3.63, 3.8) is 0 Å². The standard InChI is InChI=1S/C18H22N2O.ClH/c1-14-2-4-15(5-3-14)8-11-18(21)20-13-12-16-6-9-17(19)10-7-16;/h2-7,9-10H,8,11-13,19H2,1H3,(H,20,21);1H. The largest absolute Gasteiger partial charge is 0.399 e. The van der Waals surface area contributed by atoms with Crippen LogP contribution in [0.4, 0.5) is 5.69 Å². The van der Waals surface area contributed by atoms with Crippen molar-refractivity contribution in [3.05, 3.63) is 65.2 Å². The van der Waals surface area contributed by atoms with Crippen molar-refractivity contribution < 1.29 is 4.79 Å². The van der Waals surface area contributed by atoms with E-state index in [9.17, 15) is 4.79 Å². The zero-order valence-electron chi connectivity index (χ0n) is 12.8. The van der Waals surface area contributed by atoms with Crippen molar-refractivity contribution >= 4 is 24.0 Å². The van der Waals surface area contributed by atoms with E-state index >= 15 is 0 Å². The summed E-state index contributed by atoms with van der Waals surface area (Å²) < 4.78 is 0. The van der Waals surface area contributed by atoms with Gasteiger partial charge in [-0.2, -0.15) is 0 Å². The molecule has 0 unspecified atom stereocenters. The lowest BCUT2D eigenvalue weighted by Crippen LogP contribution is -2.25. The van der Waals surface area contributed by atoms with Crippen LogP contribution in [0.3, 0.4) is 0 Å². The SMILES string of the molecule is Cc1ccc(CCC(=O)NCCc2ccc(N)cc2)cc1.Cl. The molecule has 0 saturated carbocycles. The third-order valence-corrected chi connectivity index (χ3v) is 3.48. The Hall–Kier alpha value is -2.00. The van der Waals surface area contributed by atoms with E-state index in [1.165, 1.54) is 16.7 Å². The summed E-state index contributed by atoms with van der Waals surface area (Å²) in [6.45, 7) is 2.73. The van der Waals surface area contributed by atoms with Crippen LogP contribution in [-0.4, -0.2) is 12.5 Å². The highest BCUT2D eigenvalue weighted by atomic mass is 35.5. The maximum atomic E-state index is 11.8. The molecule has 0 aromatic heterocycles. The number of nitrogens with two attached hydrogens (primary N) is 1. The van der Waals surface area contributed by atoms with Crippen molar-refractivity contribution in [1.82, 2.24) is 5.32 Å². The van der Waals surface area contributed by atoms with Crippen molar-refractivity contribution in [2.75, 3.05) is 12.3 Å². The molecule has 0 spiro atoms. The van der Waals surface area contributed by atoms with Crippen LogP contribution in [0.15, 0.2) is 48.5 Å². The average Bonchev–Trinajstić information content (AvgIpc) is 2.49. The molecule has 0 bridgehead atoms. The van der Waals surface area contributed by atoms with E-state index in [4.69, 9.17) is 5.73 Å². The summed E-state index contributed by atoms with van der Waals surface area (Å²) in [6.07, 6.45) is 2.15. The summed E-state index contributed by atoms with van der Waals surface area (Å²) in [6, 6.07) is 16.1. The molecule has 2 aromatic carbocycles. The highest BCUT2D eigenvalue weighted by Gasteiger charge is 2.02. The first-order valence-electron chi connectivity index (χ1n) is 7.30. The van der Waals surface area contributed by atoms with Gasteiger partial charge in [0, 0.05) is 18.7 Å². The molecule has 0 aliphatic heterocycles. The van der Waals surface area contributed by atoms with Crippen LogP contribution < -0.4 is 11.1 Å². The fraction of sp³-hybridized carbons (Fsp3) is 0.278. The first-order valence-corrected chi connectivity index (χ1v) is 7.30. The Morgan fingerprint density at radius 3 is 2.14 bits per heavy atom. The Kier molecular flexibility index (Phi) is 7.47. The van der Waals surface area contributed by atoms with Gasteiger partial charge < -0.3 is 11.1 Å². The van der Waals surface area contributed by atoms with Gasteiger partial charge in [0.25, 0.3) is 0 Å². The molecule has 2 rings (SSSR count). The number of rotatable bonds is 6. The van der Waals surface area contributed by atoms with Crippen LogP contribution in [0.5, 0.6) is 0 Å². The van der Waals surface area contributed by atoms with E-state index < -0.39 is 0 Å². The zero-order valence-corrected chi connectivity index (χ0v) is 13.7. The van der Waals surface area contributed by atoms with Crippen molar-refractivity contribution in [1.29, 1.82) is 0 Å². The van der Waals surface area contributed by atoms with E-state index in [1.54, 1.807) is 0 Å². The second-order valence-electron chi connectivity index (χ2n) is 5.33.